The van der Waals surface area contributed by atoms with Gasteiger partial charge in [-0.3, -0.25) is 0 Å². The van der Waals surface area contributed by atoms with Gasteiger partial charge in [0.25, 0.3) is 0 Å². The molecule has 110 valence electrons. The fourth-order valence-electron chi connectivity index (χ4n) is 1.69. The highest BCUT2D eigenvalue weighted by Crippen LogP contribution is 2.18. The summed E-state index contributed by atoms with van der Waals surface area (Å²) in [6.07, 6.45) is 0. The summed E-state index contributed by atoms with van der Waals surface area (Å²) < 4.78 is 18.6. The molecular formula is C15H13ClFNO3. The average molecular weight is 310 g/mol. The van der Waals surface area contributed by atoms with Crippen LogP contribution in [0, 0.1) is 5.82 Å². The molecule has 0 saturated carbocycles. The van der Waals surface area contributed by atoms with E-state index < -0.39 is 11.8 Å². The van der Waals surface area contributed by atoms with Gasteiger partial charge in [-0.25, -0.2) is 9.18 Å². The van der Waals surface area contributed by atoms with Gasteiger partial charge in [0.2, 0.25) is 0 Å². The molecule has 2 aromatic carbocycles. The topological polar surface area (TPSA) is 58.6 Å². The van der Waals surface area contributed by atoms with E-state index in [1.54, 1.807) is 18.2 Å². The number of benzene rings is 2. The first-order chi connectivity index (χ1) is 10.1. The maximum atomic E-state index is 13.2. The van der Waals surface area contributed by atoms with Crippen molar-refractivity contribution >= 4 is 23.3 Å². The number of carboxylic acids is 1. The number of ether oxygens (including phenoxy) is 1. The first-order valence-corrected chi connectivity index (χ1v) is 6.59. The SMILES string of the molecule is O=C(O)c1cccc(OCCNc2ccc(Cl)c(F)c2)c1. The van der Waals surface area contributed by atoms with Crippen LogP contribution in [0.5, 0.6) is 5.75 Å². The normalized spacial score (nSPS) is 10.2. The van der Waals surface area contributed by atoms with Crippen molar-refractivity contribution in [2.24, 2.45) is 0 Å². The molecule has 0 aliphatic rings. The molecule has 4 nitrogen and oxygen atoms in total. The Kier molecular flexibility index (Phi) is 5.00. The van der Waals surface area contributed by atoms with E-state index in [1.807, 2.05) is 0 Å². The van der Waals surface area contributed by atoms with E-state index in [-0.39, 0.29) is 10.6 Å². The zero-order chi connectivity index (χ0) is 15.2. The summed E-state index contributed by atoms with van der Waals surface area (Å²) >= 11 is 5.59. The fourth-order valence-corrected chi connectivity index (χ4v) is 1.81. The smallest absolute Gasteiger partial charge is 0.335 e. The number of carbonyl (C=O) groups is 1. The van der Waals surface area contributed by atoms with E-state index in [2.05, 4.69) is 5.32 Å². The molecule has 0 heterocycles. The lowest BCUT2D eigenvalue weighted by atomic mass is 10.2. The van der Waals surface area contributed by atoms with Crippen LogP contribution in [0.15, 0.2) is 42.5 Å². The molecule has 0 saturated heterocycles. The number of aromatic carboxylic acids is 1. The summed E-state index contributed by atoms with van der Waals surface area (Å²) in [4.78, 5) is 10.8. The predicted molar refractivity (Wildman–Crippen MR) is 78.8 cm³/mol. The van der Waals surface area contributed by atoms with Gasteiger partial charge in [0.05, 0.1) is 10.6 Å². The Hall–Kier alpha value is -2.27. The third kappa shape index (κ3) is 4.36. The van der Waals surface area contributed by atoms with Gasteiger partial charge in [0.1, 0.15) is 18.2 Å². The lowest BCUT2D eigenvalue weighted by Gasteiger charge is -2.09. The standard InChI is InChI=1S/C15H13ClFNO3/c16-13-5-4-11(9-14(13)17)18-6-7-21-12-3-1-2-10(8-12)15(19)20/h1-5,8-9,18H,6-7H2,(H,19,20). The highest BCUT2D eigenvalue weighted by atomic mass is 35.5. The fraction of sp³-hybridized carbons (Fsp3) is 0.133. The quantitative estimate of drug-likeness (QED) is 0.799. The third-order valence-corrected chi connectivity index (χ3v) is 3.01. The van der Waals surface area contributed by atoms with Gasteiger partial charge >= 0.3 is 5.97 Å². The van der Waals surface area contributed by atoms with E-state index in [4.69, 9.17) is 21.4 Å². The summed E-state index contributed by atoms with van der Waals surface area (Å²) in [5.74, 6) is -1.02. The van der Waals surface area contributed by atoms with Crippen molar-refractivity contribution in [3.63, 3.8) is 0 Å². The maximum Gasteiger partial charge on any atom is 0.335 e. The maximum absolute atomic E-state index is 13.2. The number of rotatable bonds is 6. The minimum absolute atomic E-state index is 0.0716. The molecule has 21 heavy (non-hydrogen) atoms. The second kappa shape index (κ2) is 6.95. The van der Waals surface area contributed by atoms with Crippen LogP contribution in [-0.4, -0.2) is 24.2 Å². The van der Waals surface area contributed by atoms with Crippen LogP contribution in [0.4, 0.5) is 10.1 Å². The minimum Gasteiger partial charge on any atom is -0.492 e. The summed E-state index contributed by atoms with van der Waals surface area (Å²) in [6, 6.07) is 10.7. The third-order valence-electron chi connectivity index (χ3n) is 2.70. The lowest BCUT2D eigenvalue weighted by molar-refractivity contribution is 0.0696. The van der Waals surface area contributed by atoms with E-state index in [0.29, 0.717) is 24.6 Å². The first-order valence-electron chi connectivity index (χ1n) is 6.21. The molecule has 6 heteroatoms. The molecule has 0 spiro atoms. The van der Waals surface area contributed by atoms with E-state index >= 15 is 0 Å². The minimum atomic E-state index is -1.00. The molecule has 0 amide bonds. The van der Waals surface area contributed by atoms with Crippen molar-refractivity contribution < 1.29 is 19.0 Å². The Balaban J connectivity index is 1.83. The number of hydrogen-bond donors (Lipinski definition) is 2. The Bertz CT molecular complexity index is 649. The molecule has 0 bridgehead atoms. The molecular weight excluding hydrogens is 297 g/mol. The van der Waals surface area contributed by atoms with Gasteiger partial charge in [-0.05, 0) is 36.4 Å². The monoisotopic (exact) mass is 309 g/mol. The van der Waals surface area contributed by atoms with Crippen molar-refractivity contribution in [1.82, 2.24) is 0 Å². The average Bonchev–Trinajstić information content (AvgIpc) is 2.47. The first kappa shape index (κ1) is 15.1. The van der Waals surface area contributed by atoms with Crippen molar-refractivity contribution in [3.05, 3.63) is 58.9 Å². The lowest BCUT2D eigenvalue weighted by Crippen LogP contribution is -2.11. The van der Waals surface area contributed by atoms with Gasteiger partial charge in [0.15, 0.2) is 0 Å². The van der Waals surface area contributed by atoms with Crippen LogP contribution in [0.1, 0.15) is 10.4 Å². The Morgan fingerprint density at radius 2 is 2.10 bits per heavy atom. The molecule has 0 aliphatic carbocycles. The van der Waals surface area contributed by atoms with E-state index in [0.717, 1.165) is 0 Å². The van der Waals surface area contributed by atoms with Crippen molar-refractivity contribution in [2.45, 2.75) is 0 Å². The number of hydrogen-bond acceptors (Lipinski definition) is 3. The summed E-state index contributed by atoms with van der Waals surface area (Å²) in [6.45, 7) is 0.756. The van der Waals surface area contributed by atoms with Crippen LogP contribution in [0.3, 0.4) is 0 Å². The molecule has 2 aromatic rings. The van der Waals surface area contributed by atoms with Gasteiger partial charge in [0, 0.05) is 12.2 Å². The number of halogens is 2. The van der Waals surface area contributed by atoms with E-state index in [9.17, 15) is 9.18 Å². The van der Waals surface area contributed by atoms with Crippen LogP contribution in [0.25, 0.3) is 0 Å². The van der Waals surface area contributed by atoms with Crippen LogP contribution in [0.2, 0.25) is 5.02 Å². The second-order valence-corrected chi connectivity index (χ2v) is 4.64. The zero-order valence-electron chi connectivity index (χ0n) is 11.0. The molecule has 0 unspecified atom stereocenters. The predicted octanol–water partition coefficient (Wildman–Crippen LogP) is 3.67. The molecule has 0 radical (unpaired) electrons. The Morgan fingerprint density at radius 1 is 1.29 bits per heavy atom. The van der Waals surface area contributed by atoms with Gasteiger partial charge in [-0.2, -0.15) is 0 Å². The van der Waals surface area contributed by atoms with Gasteiger partial charge < -0.3 is 15.2 Å². The molecule has 2 rings (SSSR count). The van der Waals surface area contributed by atoms with Crippen LogP contribution >= 0.6 is 11.6 Å². The molecule has 0 aliphatic heterocycles. The molecule has 0 aromatic heterocycles. The van der Waals surface area contributed by atoms with Crippen molar-refractivity contribution in [1.29, 1.82) is 0 Å². The number of carboxylic acid groups (broad SMARTS) is 1. The zero-order valence-corrected chi connectivity index (χ0v) is 11.7. The Labute approximate surface area is 126 Å². The second-order valence-electron chi connectivity index (χ2n) is 4.24. The summed E-state index contributed by atoms with van der Waals surface area (Å²) in [7, 11) is 0. The summed E-state index contributed by atoms with van der Waals surface area (Å²) in [5, 5.41) is 11.9. The Morgan fingerprint density at radius 3 is 2.81 bits per heavy atom. The highest BCUT2D eigenvalue weighted by molar-refractivity contribution is 6.30. The van der Waals surface area contributed by atoms with Crippen molar-refractivity contribution in [2.75, 3.05) is 18.5 Å². The molecule has 0 atom stereocenters. The summed E-state index contributed by atoms with van der Waals surface area (Å²) in [5.41, 5.74) is 0.764. The molecule has 2 N–H and O–H groups in total. The van der Waals surface area contributed by atoms with E-state index in [1.165, 1.54) is 24.3 Å². The van der Waals surface area contributed by atoms with Gasteiger partial charge in [-0.15, -0.1) is 0 Å². The number of nitrogens with one attached hydrogen (secondary N) is 1. The van der Waals surface area contributed by atoms with Gasteiger partial charge in [-0.1, -0.05) is 17.7 Å². The highest BCUT2D eigenvalue weighted by Gasteiger charge is 2.04. The van der Waals surface area contributed by atoms with Crippen molar-refractivity contribution in [3.8, 4) is 5.75 Å². The largest absolute Gasteiger partial charge is 0.492 e. The number of anilines is 1. The van der Waals surface area contributed by atoms with Crippen LogP contribution in [-0.2, 0) is 0 Å². The molecule has 0 fully saturated rings. The van der Waals surface area contributed by atoms with Crippen LogP contribution < -0.4 is 10.1 Å².